The Morgan fingerprint density at radius 2 is 1.91 bits per heavy atom. The molecule has 0 spiro atoms. The Bertz CT molecular complexity index is 763. The minimum atomic E-state index is -0.544. The molecule has 1 atom stereocenters. The number of carbonyl (C=O) groups is 1. The first-order valence-electron chi connectivity index (χ1n) is 7.92. The number of hydrogen-bond donors (Lipinski definition) is 0. The molecule has 3 rings (SSSR count). The second-order valence-electron chi connectivity index (χ2n) is 6.10. The molecule has 1 aromatic carbocycles. The first-order chi connectivity index (χ1) is 11.1. The average Bonchev–Trinajstić information content (AvgIpc) is 2.58. The van der Waals surface area contributed by atoms with E-state index >= 15 is 0 Å². The van der Waals surface area contributed by atoms with Crippen LogP contribution in [0.15, 0.2) is 35.4 Å². The van der Waals surface area contributed by atoms with Crippen molar-refractivity contribution in [2.75, 3.05) is 26.3 Å². The lowest BCUT2D eigenvalue weighted by molar-refractivity contribution is -0.140. The quantitative estimate of drug-likeness (QED) is 0.860. The highest BCUT2D eigenvalue weighted by Crippen LogP contribution is 2.20. The number of morpholine rings is 1. The Balaban J connectivity index is 2.03. The molecule has 1 aromatic heterocycles. The Morgan fingerprint density at radius 3 is 2.61 bits per heavy atom. The number of carbonyl (C=O) groups excluding carboxylic acids is 1. The lowest BCUT2D eigenvalue weighted by Crippen LogP contribution is -2.47. The lowest BCUT2D eigenvalue weighted by atomic mass is 10.0. The summed E-state index contributed by atoms with van der Waals surface area (Å²) in [4.78, 5) is 31.8. The monoisotopic (exact) mass is 315 g/mol. The molecule has 122 valence electrons. The number of rotatable bonds is 3. The van der Waals surface area contributed by atoms with Gasteiger partial charge in [0.05, 0.1) is 30.4 Å². The summed E-state index contributed by atoms with van der Waals surface area (Å²) in [5.41, 5.74) is 0.478. The van der Waals surface area contributed by atoms with Crippen molar-refractivity contribution in [3.63, 3.8) is 0 Å². The fourth-order valence-corrected chi connectivity index (χ4v) is 2.98. The van der Waals surface area contributed by atoms with Crippen LogP contribution in [0.25, 0.3) is 10.9 Å². The first kappa shape index (κ1) is 15.7. The SMILES string of the molecule is CC(C)C(C(=O)N1CCOCC1)n1cnc2ccccc2c1=O. The molecule has 0 bridgehead atoms. The van der Waals surface area contributed by atoms with Gasteiger partial charge in [0.15, 0.2) is 0 Å². The van der Waals surface area contributed by atoms with E-state index in [0.29, 0.717) is 37.2 Å². The van der Waals surface area contributed by atoms with Crippen molar-refractivity contribution in [1.82, 2.24) is 14.5 Å². The third-order valence-electron chi connectivity index (χ3n) is 4.20. The number of aromatic nitrogens is 2. The molecular formula is C17H21N3O3. The van der Waals surface area contributed by atoms with Crippen LogP contribution in [0.5, 0.6) is 0 Å². The molecule has 1 aliphatic heterocycles. The Morgan fingerprint density at radius 1 is 1.22 bits per heavy atom. The summed E-state index contributed by atoms with van der Waals surface area (Å²) in [5, 5.41) is 0.537. The van der Waals surface area contributed by atoms with Crippen LogP contribution in [-0.2, 0) is 9.53 Å². The summed E-state index contributed by atoms with van der Waals surface area (Å²) in [5.74, 6) is -0.0477. The summed E-state index contributed by atoms with van der Waals surface area (Å²) in [7, 11) is 0. The van der Waals surface area contributed by atoms with E-state index in [1.165, 1.54) is 10.9 Å². The van der Waals surface area contributed by atoms with Gasteiger partial charge >= 0.3 is 0 Å². The number of fused-ring (bicyclic) bond motifs is 1. The third-order valence-corrected chi connectivity index (χ3v) is 4.20. The smallest absolute Gasteiger partial charge is 0.261 e. The summed E-state index contributed by atoms with van der Waals surface area (Å²) in [6.07, 6.45) is 1.49. The highest BCUT2D eigenvalue weighted by atomic mass is 16.5. The molecule has 6 nitrogen and oxygen atoms in total. The Kier molecular flexibility index (Phi) is 4.43. The van der Waals surface area contributed by atoms with Gasteiger partial charge in [-0.3, -0.25) is 14.2 Å². The van der Waals surface area contributed by atoms with Crippen molar-refractivity contribution in [3.05, 3.63) is 40.9 Å². The van der Waals surface area contributed by atoms with Gasteiger partial charge in [-0.1, -0.05) is 26.0 Å². The highest BCUT2D eigenvalue weighted by Gasteiger charge is 2.30. The zero-order valence-electron chi connectivity index (χ0n) is 13.4. The van der Waals surface area contributed by atoms with Gasteiger partial charge < -0.3 is 9.64 Å². The van der Waals surface area contributed by atoms with Gasteiger partial charge in [0, 0.05) is 13.1 Å². The molecule has 0 aliphatic carbocycles. The highest BCUT2D eigenvalue weighted by molar-refractivity contribution is 5.82. The molecule has 1 unspecified atom stereocenters. The number of amides is 1. The standard InChI is InChI=1S/C17H21N3O3/c1-12(2)15(17(22)19-7-9-23-10-8-19)20-11-18-14-6-4-3-5-13(14)16(20)21/h3-6,11-12,15H,7-10H2,1-2H3. The van der Waals surface area contributed by atoms with E-state index in [9.17, 15) is 9.59 Å². The van der Waals surface area contributed by atoms with Gasteiger partial charge in [-0.15, -0.1) is 0 Å². The maximum Gasteiger partial charge on any atom is 0.261 e. The van der Waals surface area contributed by atoms with Crippen LogP contribution in [0.2, 0.25) is 0 Å². The Labute approximate surface area is 134 Å². The fourth-order valence-electron chi connectivity index (χ4n) is 2.98. The number of hydrogen-bond acceptors (Lipinski definition) is 4. The third kappa shape index (κ3) is 2.99. The van der Waals surface area contributed by atoms with Crippen LogP contribution in [0.1, 0.15) is 19.9 Å². The molecule has 1 amide bonds. The maximum atomic E-state index is 12.9. The maximum absolute atomic E-state index is 12.9. The average molecular weight is 315 g/mol. The van der Waals surface area contributed by atoms with E-state index in [1.807, 2.05) is 26.0 Å². The van der Waals surface area contributed by atoms with Crippen molar-refractivity contribution >= 4 is 16.8 Å². The van der Waals surface area contributed by atoms with Crippen molar-refractivity contribution in [1.29, 1.82) is 0 Å². The van der Waals surface area contributed by atoms with Gasteiger partial charge in [-0.05, 0) is 18.1 Å². The molecule has 1 fully saturated rings. The van der Waals surface area contributed by atoms with E-state index in [1.54, 1.807) is 17.0 Å². The van der Waals surface area contributed by atoms with E-state index in [-0.39, 0.29) is 17.4 Å². The zero-order chi connectivity index (χ0) is 16.4. The molecule has 6 heteroatoms. The van der Waals surface area contributed by atoms with Crippen LogP contribution in [-0.4, -0.2) is 46.7 Å². The van der Waals surface area contributed by atoms with E-state index in [4.69, 9.17) is 4.74 Å². The summed E-state index contributed by atoms with van der Waals surface area (Å²) in [6, 6.07) is 6.66. The first-order valence-corrected chi connectivity index (χ1v) is 7.92. The summed E-state index contributed by atoms with van der Waals surface area (Å²) >= 11 is 0. The molecule has 0 N–H and O–H groups in total. The van der Waals surface area contributed by atoms with Crippen molar-refractivity contribution in [2.45, 2.75) is 19.9 Å². The van der Waals surface area contributed by atoms with Gasteiger partial charge in [0.2, 0.25) is 5.91 Å². The minimum absolute atomic E-state index is 0.00833. The number of nitrogens with zero attached hydrogens (tertiary/aromatic N) is 3. The lowest BCUT2D eigenvalue weighted by Gasteiger charge is -2.32. The minimum Gasteiger partial charge on any atom is -0.378 e. The topological polar surface area (TPSA) is 64.4 Å². The molecule has 0 radical (unpaired) electrons. The van der Waals surface area contributed by atoms with Crippen molar-refractivity contribution < 1.29 is 9.53 Å². The molecule has 2 aromatic rings. The zero-order valence-corrected chi connectivity index (χ0v) is 13.4. The molecule has 23 heavy (non-hydrogen) atoms. The normalized spacial score (nSPS) is 16.7. The van der Waals surface area contributed by atoms with Gasteiger partial charge in [-0.2, -0.15) is 0 Å². The molecule has 1 aliphatic rings. The van der Waals surface area contributed by atoms with Gasteiger partial charge in [0.25, 0.3) is 5.56 Å². The number of benzene rings is 1. The van der Waals surface area contributed by atoms with Crippen LogP contribution >= 0.6 is 0 Å². The van der Waals surface area contributed by atoms with Crippen LogP contribution < -0.4 is 5.56 Å². The predicted molar refractivity (Wildman–Crippen MR) is 87.3 cm³/mol. The van der Waals surface area contributed by atoms with Gasteiger partial charge in [-0.25, -0.2) is 4.98 Å². The molecule has 1 saturated heterocycles. The Hall–Kier alpha value is -2.21. The molecule has 2 heterocycles. The second kappa shape index (κ2) is 6.50. The predicted octanol–water partition coefficient (Wildman–Crippen LogP) is 1.45. The van der Waals surface area contributed by atoms with Crippen LogP contribution in [0.4, 0.5) is 0 Å². The second-order valence-corrected chi connectivity index (χ2v) is 6.10. The number of para-hydroxylation sites is 1. The van der Waals surface area contributed by atoms with E-state index in [0.717, 1.165) is 0 Å². The van der Waals surface area contributed by atoms with Crippen molar-refractivity contribution in [3.8, 4) is 0 Å². The van der Waals surface area contributed by atoms with Crippen LogP contribution in [0.3, 0.4) is 0 Å². The summed E-state index contributed by atoms with van der Waals surface area (Å²) < 4.78 is 6.78. The molecule has 0 saturated carbocycles. The van der Waals surface area contributed by atoms with Crippen LogP contribution in [0, 0.1) is 5.92 Å². The molecular weight excluding hydrogens is 294 g/mol. The van der Waals surface area contributed by atoms with E-state index < -0.39 is 6.04 Å². The largest absolute Gasteiger partial charge is 0.378 e. The number of ether oxygens (including phenoxy) is 1. The fraction of sp³-hybridized carbons (Fsp3) is 0.471. The van der Waals surface area contributed by atoms with Crippen molar-refractivity contribution in [2.24, 2.45) is 5.92 Å². The van der Waals surface area contributed by atoms with Gasteiger partial charge in [0.1, 0.15) is 6.04 Å². The van der Waals surface area contributed by atoms with E-state index in [2.05, 4.69) is 4.98 Å². The summed E-state index contributed by atoms with van der Waals surface area (Å²) in [6.45, 7) is 6.12.